The zero-order valence-corrected chi connectivity index (χ0v) is 10.1. The van der Waals surface area contributed by atoms with Gasteiger partial charge in [0.1, 0.15) is 11.9 Å². The van der Waals surface area contributed by atoms with E-state index in [1.165, 1.54) is 6.07 Å². The summed E-state index contributed by atoms with van der Waals surface area (Å²) >= 11 is 0. The third-order valence-corrected chi connectivity index (χ3v) is 2.72. The van der Waals surface area contributed by atoms with Crippen molar-refractivity contribution in [2.45, 2.75) is 13.5 Å². The molecule has 0 saturated heterocycles. The van der Waals surface area contributed by atoms with Gasteiger partial charge in [-0.3, -0.25) is 0 Å². The second-order valence-electron chi connectivity index (χ2n) is 4.11. The maximum atomic E-state index is 13.4. The van der Waals surface area contributed by atoms with Gasteiger partial charge < -0.3 is 5.32 Å². The van der Waals surface area contributed by atoms with Crippen LogP contribution >= 0.6 is 0 Å². The number of rotatable bonds is 3. The van der Waals surface area contributed by atoms with Gasteiger partial charge in [-0.05, 0) is 30.7 Å². The molecule has 0 aliphatic heterocycles. The Labute approximate surface area is 106 Å². The van der Waals surface area contributed by atoms with Gasteiger partial charge in [0, 0.05) is 12.1 Å². The topological polar surface area (TPSA) is 35.8 Å². The van der Waals surface area contributed by atoms with Crippen LogP contribution in [0.3, 0.4) is 0 Å². The molecular weight excluding hydrogens is 227 g/mol. The molecule has 18 heavy (non-hydrogen) atoms. The molecule has 2 nitrogen and oxygen atoms in total. The normalized spacial score (nSPS) is 9.83. The van der Waals surface area contributed by atoms with E-state index in [2.05, 4.69) is 11.4 Å². The monoisotopic (exact) mass is 240 g/mol. The number of nitrogens with one attached hydrogen (secondary N) is 1. The van der Waals surface area contributed by atoms with Crippen molar-refractivity contribution in [3.8, 4) is 6.07 Å². The molecule has 0 aliphatic rings. The van der Waals surface area contributed by atoms with E-state index in [0.29, 0.717) is 17.7 Å². The molecule has 0 heterocycles. The second kappa shape index (κ2) is 5.33. The van der Waals surface area contributed by atoms with Crippen LogP contribution in [0.5, 0.6) is 0 Å². The van der Waals surface area contributed by atoms with Crippen molar-refractivity contribution in [2.24, 2.45) is 0 Å². The molecule has 0 fully saturated rings. The van der Waals surface area contributed by atoms with E-state index in [-0.39, 0.29) is 5.82 Å². The molecule has 1 N–H and O–H groups in total. The van der Waals surface area contributed by atoms with Crippen LogP contribution in [0.15, 0.2) is 42.5 Å². The minimum atomic E-state index is -0.240. The first-order valence-electron chi connectivity index (χ1n) is 5.69. The summed E-state index contributed by atoms with van der Waals surface area (Å²) < 4.78 is 13.4. The van der Waals surface area contributed by atoms with E-state index < -0.39 is 0 Å². The first-order valence-corrected chi connectivity index (χ1v) is 5.69. The van der Waals surface area contributed by atoms with Gasteiger partial charge in [-0.1, -0.05) is 24.3 Å². The molecule has 3 heteroatoms. The Morgan fingerprint density at radius 1 is 1.22 bits per heavy atom. The molecule has 0 bridgehead atoms. The highest BCUT2D eigenvalue weighted by Gasteiger charge is 2.04. The van der Waals surface area contributed by atoms with Crippen LogP contribution in [0.4, 0.5) is 10.1 Å². The molecule has 0 amide bonds. The number of halogens is 1. The lowest BCUT2D eigenvalue weighted by Crippen LogP contribution is -2.03. The number of hydrogen-bond acceptors (Lipinski definition) is 2. The largest absolute Gasteiger partial charge is 0.380 e. The van der Waals surface area contributed by atoms with Crippen molar-refractivity contribution in [1.29, 1.82) is 5.26 Å². The van der Waals surface area contributed by atoms with Crippen molar-refractivity contribution in [3.05, 3.63) is 65.0 Å². The third-order valence-electron chi connectivity index (χ3n) is 2.72. The van der Waals surface area contributed by atoms with Crippen molar-refractivity contribution in [3.63, 3.8) is 0 Å². The molecular formula is C15H13FN2. The summed E-state index contributed by atoms with van der Waals surface area (Å²) in [6.45, 7) is 2.32. The number of nitrogens with zero attached hydrogens (tertiary/aromatic N) is 1. The third kappa shape index (κ3) is 2.67. The Balaban J connectivity index is 2.18. The molecule has 2 rings (SSSR count). The molecule has 90 valence electrons. The molecule has 0 atom stereocenters. The predicted octanol–water partition coefficient (Wildman–Crippen LogP) is 3.62. The van der Waals surface area contributed by atoms with Crippen LogP contribution in [-0.2, 0) is 6.54 Å². The summed E-state index contributed by atoms with van der Waals surface area (Å²) in [5, 5.41) is 12.1. The Kier molecular flexibility index (Phi) is 3.59. The van der Waals surface area contributed by atoms with Crippen LogP contribution in [0, 0.1) is 24.1 Å². The highest BCUT2D eigenvalue weighted by Crippen LogP contribution is 2.18. The maximum Gasteiger partial charge on any atom is 0.128 e. The number of anilines is 1. The predicted molar refractivity (Wildman–Crippen MR) is 69.6 cm³/mol. The van der Waals surface area contributed by atoms with Gasteiger partial charge >= 0.3 is 0 Å². The van der Waals surface area contributed by atoms with Crippen LogP contribution in [-0.4, -0.2) is 0 Å². The molecule has 0 radical (unpaired) electrons. The fraction of sp³-hybridized carbons (Fsp3) is 0.133. The Morgan fingerprint density at radius 3 is 2.72 bits per heavy atom. The Bertz CT molecular complexity index is 600. The fourth-order valence-electron chi connectivity index (χ4n) is 1.73. The van der Waals surface area contributed by atoms with Crippen molar-refractivity contribution in [1.82, 2.24) is 0 Å². The summed E-state index contributed by atoms with van der Waals surface area (Å²) in [5.41, 5.74) is 2.95. The summed E-state index contributed by atoms with van der Waals surface area (Å²) in [6, 6.07) is 14.3. The average molecular weight is 240 g/mol. The van der Waals surface area contributed by atoms with E-state index in [0.717, 1.165) is 11.3 Å². The van der Waals surface area contributed by atoms with E-state index in [4.69, 9.17) is 5.26 Å². The molecule has 2 aromatic rings. The van der Waals surface area contributed by atoms with E-state index >= 15 is 0 Å². The fourth-order valence-corrected chi connectivity index (χ4v) is 1.73. The van der Waals surface area contributed by atoms with Crippen LogP contribution < -0.4 is 5.32 Å². The molecule has 0 aromatic heterocycles. The number of benzene rings is 2. The summed E-state index contributed by atoms with van der Waals surface area (Å²) in [7, 11) is 0. The van der Waals surface area contributed by atoms with Crippen LogP contribution in [0.1, 0.15) is 16.7 Å². The second-order valence-corrected chi connectivity index (χ2v) is 4.11. The van der Waals surface area contributed by atoms with E-state index in [9.17, 15) is 4.39 Å². The summed E-state index contributed by atoms with van der Waals surface area (Å²) in [5.74, 6) is -0.240. The summed E-state index contributed by atoms with van der Waals surface area (Å²) in [6.07, 6.45) is 0. The van der Waals surface area contributed by atoms with Crippen LogP contribution in [0.2, 0.25) is 0 Å². The SMILES string of the molecule is Cc1ccc(C#N)c(NCc2ccccc2F)c1. The van der Waals surface area contributed by atoms with Gasteiger partial charge in [0.15, 0.2) is 0 Å². The average Bonchev–Trinajstić information content (AvgIpc) is 2.38. The Hall–Kier alpha value is -2.34. The lowest BCUT2D eigenvalue weighted by atomic mass is 10.1. The molecule has 0 aliphatic carbocycles. The van der Waals surface area contributed by atoms with Gasteiger partial charge in [0.05, 0.1) is 11.3 Å². The molecule has 0 spiro atoms. The zero-order valence-electron chi connectivity index (χ0n) is 10.1. The Morgan fingerprint density at radius 2 is 2.00 bits per heavy atom. The number of hydrogen-bond donors (Lipinski definition) is 1. The van der Waals surface area contributed by atoms with Gasteiger partial charge in [-0.2, -0.15) is 5.26 Å². The van der Waals surface area contributed by atoms with Gasteiger partial charge in [-0.25, -0.2) is 4.39 Å². The van der Waals surface area contributed by atoms with Gasteiger partial charge in [0.25, 0.3) is 0 Å². The van der Waals surface area contributed by atoms with E-state index in [1.54, 1.807) is 24.3 Å². The standard InChI is InChI=1S/C15H13FN2/c1-11-6-7-12(9-17)15(8-11)18-10-13-4-2-3-5-14(13)16/h2-8,18H,10H2,1H3. The number of nitriles is 1. The molecule has 0 unspecified atom stereocenters. The van der Waals surface area contributed by atoms with Crippen molar-refractivity contribution in [2.75, 3.05) is 5.32 Å². The lowest BCUT2D eigenvalue weighted by Gasteiger charge is -2.09. The molecule has 2 aromatic carbocycles. The van der Waals surface area contributed by atoms with Crippen molar-refractivity contribution >= 4 is 5.69 Å². The van der Waals surface area contributed by atoms with Crippen LogP contribution in [0.25, 0.3) is 0 Å². The quantitative estimate of drug-likeness (QED) is 0.889. The highest BCUT2D eigenvalue weighted by molar-refractivity contribution is 5.58. The molecule has 0 saturated carbocycles. The maximum absolute atomic E-state index is 13.4. The number of aryl methyl sites for hydroxylation is 1. The first-order chi connectivity index (χ1) is 8.70. The summed E-state index contributed by atoms with van der Waals surface area (Å²) in [4.78, 5) is 0. The van der Waals surface area contributed by atoms with Gasteiger partial charge in [-0.15, -0.1) is 0 Å². The van der Waals surface area contributed by atoms with Crippen molar-refractivity contribution < 1.29 is 4.39 Å². The van der Waals surface area contributed by atoms with Gasteiger partial charge in [0.2, 0.25) is 0 Å². The minimum Gasteiger partial charge on any atom is -0.380 e. The highest BCUT2D eigenvalue weighted by atomic mass is 19.1. The minimum absolute atomic E-state index is 0.240. The lowest BCUT2D eigenvalue weighted by molar-refractivity contribution is 0.613. The first kappa shape index (κ1) is 12.1. The van der Waals surface area contributed by atoms with E-state index in [1.807, 2.05) is 19.1 Å². The smallest absolute Gasteiger partial charge is 0.128 e. The zero-order chi connectivity index (χ0) is 13.0.